The monoisotopic (exact) mass is 281 g/mol. The molecule has 0 aromatic heterocycles. The van der Waals surface area contributed by atoms with E-state index in [2.05, 4.69) is 25.2 Å². The van der Waals surface area contributed by atoms with Crippen LogP contribution < -0.4 is 10.1 Å². The van der Waals surface area contributed by atoms with Gasteiger partial charge >= 0.3 is 0 Å². The minimum absolute atomic E-state index is 0.187. The van der Waals surface area contributed by atoms with Gasteiger partial charge in [-0.25, -0.2) is 0 Å². The van der Waals surface area contributed by atoms with Crippen LogP contribution in [0.3, 0.4) is 0 Å². The van der Waals surface area contributed by atoms with Crippen molar-refractivity contribution in [3.8, 4) is 5.75 Å². The van der Waals surface area contributed by atoms with Gasteiger partial charge in [0.15, 0.2) is 0 Å². The highest BCUT2D eigenvalue weighted by Crippen LogP contribution is 2.23. The summed E-state index contributed by atoms with van der Waals surface area (Å²) in [7, 11) is 0. The Kier molecular flexibility index (Phi) is 5.53. The Morgan fingerprint density at radius 3 is 2.79 bits per heavy atom. The van der Waals surface area contributed by atoms with Gasteiger partial charge < -0.3 is 10.1 Å². The maximum atomic E-state index is 6.11. The SMILES string of the molecule is CCc1cc(OC(C)CNC2CCCC2)ccc1Cl. The van der Waals surface area contributed by atoms with E-state index in [-0.39, 0.29) is 6.10 Å². The van der Waals surface area contributed by atoms with Crippen LogP contribution in [0.4, 0.5) is 0 Å². The fourth-order valence-corrected chi connectivity index (χ4v) is 2.88. The number of aryl methyl sites for hydroxylation is 1. The Hall–Kier alpha value is -0.730. The first-order valence-corrected chi connectivity index (χ1v) is 7.75. The number of hydrogen-bond donors (Lipinski definition) is 1. The van der Waals surface area contributed by atoms with E-state index in [1.54, 1.807) is 0 Å². The van der Waals surface area contributed by atoms with Crippen molar-refractivity contribution in [1.29, 1.82) is 0 Å². The second kappa shape index (κ2) is 7.16. The fraction of sp³-hybridized carbons (Fsp3) is 0.625. The van der Waals surface area contributed by atoms with E-state index in [4.69, 9.17) is 16.3 Å². The summed E-state index contributed by atoms with van der Waals surface area (Å²) >= 11 is 6.11. The van der Waals surface area contributed by atoms with Crippen molar-refractivity contribution in [2.24, 2.45) is 0 Å². The van der Waals surface area contributed by atoms with E-state index in [9.17, 15) is 0 Å². The number of ether oxygens (including phenoxy) is 1. The van der Waals surface area contributed by atoms with E-state index >= 15 is 0 Å². The second-order valence-electron chi connectivity index (χ2n) is 5.42. The number of benzene rings is 1. The van der Waals surface area contributed by atoms with Gasteiger partial charge in [0.05, 0.1) is 0 Å². The highest BCUT2D eigenvalue weighted by Gasteiger charge is 2.15. The van der Waals surface area contributed by atoms with Crippen LogP contribution in [0.1, 0.15) is 45.1 Å². The van der Waals surface area contributed by atoms with Crippen LogP contribution in [0.25, 0.3) is 0 Å². The van der Waals surface area contributed by atoms with Gasteiger partial charge in [0.2, 0.25) is 0 Å². The van der Waals surface area contributed by atoms with Crippen LogP contribution >= 0.6 is 11.6 Å². The van der Waals surface area contributed by atoms with Crippen molar-refractivity contribution >= 4 is 11.6 Å². The first-order valence-electron chi connectivity index (χ1n) is 7.37. The summed E-state index contributed by atoms with van der Waals surface area (Å²) in [5, 5.41) is 4.42. The zero-order chi connectivity index (χ0) is 13.7. The second-order valence-corrected chi connectivity index (χ2v) is 5.83. The molecule has 0 radical (unpaired) electrons. The quantitative estimate of drug-likeness (QED) is 0.844. The number of hydrogen-bond acceptors (Lipinski definition) is 2. The summed E-state index contributed by atoms with van der Waals surface area (Å²) < 4.78 is 5.95. The summed E-state index contributed by atoms with van der Waals surface area (Å²) in [6, 6.07) is 6.62. The van der Waals surface area contributed by atoms with Crippen molar-refractivity contribution < 1.29 is 4.74 Å². The van der Waals surface area contributed by atoms with Crippen LogP contribution in [-0.2, 0) is 6.42 Å². The van der Waals surface area contributed by atoms with Crippen LogP contribution in [-0.4, -0.2) is 18.7 Å². The molecule has 2 nitrogen and oxygen atoms in total. The molecule has 0 saturated heterocycles. The molecule has 3 heteroatoms. The largest absolute Gasteiger partial charge is 0.489 e. The van der Waals surface area contributed by atoms with Crippen LogP contribution in [0.2, 0.25) is 5.02 Å². The Balaban J connectivity index is 1.82. The normalized spacial score (nSPS) is 17.6. The first-order chi connectivity index (χ1) is 9.19. The van der Waals surface area contributed by atoms with Crippen LogP contribution in [0.15, 0.2) is 18.2 Å². The third-order valence-electron chi connectivity index (χ3n) is 3.78. The van der Waals surface area contributed by atoms with Gasteiger partial charge in [-0.2, -0.15) is 0 Å². The molecule has 1 atom stereocenters. The van der Waals surface area contributed by atoms with Gasteiger partial charge in [-0.05, 0) is 49.9 Å². The minimum atomic E-state index is 0.187. The zero-order valence-electron chi connectivity index (χ0n) is 11.9. The van der Waals surface area contributed by atoms with Crippen LogP contribution in [0, 0.1) is 0 Å². The summed E-state index contributed by atoms with van der Waals surface area (Å²) in [5.41, 5.74) is 1.15. The zero-order valence-corrected chi connectivity index (χ0v) is 12.7. The van der Waals surface area contributed by atoms with Gasteiger partial charge in [-0.15, -0.1) is 0 Å². The van der Waals surface area contributed by atoms with Crippen molar-refractivity contribution in [3.63, 3.8) is 0 Å². The molecule has 0 bridgehead atoms. The summed E-state index contributed by atoms with van der Waals surface area (Å²) in [4.78, 5) is 0. The molecule has 19 heavy (non-hydrogen) atoms. The van der Waals surface area contributed by atoms with Crippen LogP contribution in [0.5, 0.6) is 5.75 Å². The predicted octanol–water partition coefficient (Wildman–Crippen LogP) is 4.20. The number of nitrogens with one attached hydrogen (secondary N) is 1. The van der Waals surface area contributed by atoms with Gasteiger partial charge in [0.1, 0.15) is 11.9 Å². The van der Waals surface area contributed by atoms with Gasteiger partial charge in [-0.3, -0.25) is 0 Å². The molecule has 1 aromatic carbocycles. The first kappa shape index (κ1) is 14.7. The Morgan fingerprint density at radius 1 is 1.37 bits per heavy atom. The lowest BCUT2D eigenvalue weighted by atomic mass is 10.1. The van der Waals surface area contributed by atoms with Crippen molar-refractivity contribution in [2.45, 2.75) is 58.1 Å². The highest BCUT2D eigenvalue weighted by atomic mass is 35.5. The average Bonchev–Trinajstić information content (AvgIpc) is 2.92. The standard InChI is InChI=1S/C16H24ClNO/c1-3-13-10-15(8-9-16(13)17)19-12(2)11-18-14-6-4-5-7-14/h8-10,12,14,18H,3-7,11H2,1-2H3. The molecule has 0 spiro atoms. The molecular formula is C16H24ClNO. The van der Waals surface area contributed by atoms with Gasteiger partial charge in [-0.1, -0.05) is 31.4 Å². The third kappa shape index (κ3) is 4.39. The van der Waals surface area contributed by atoms with Gasteiger partial charge in [0, 0.05) is 17.6 Å². The molecule has 1 fully saturated rings. The minimum Gasteiger partial charge on any atom is -0.489 e. The van der Waals surface area contributed by atoms with Crippen molar-refractivity contribution in [2.75, 3.05) is 6.54 Å². The topological polar surface area (TPSA) is 21.3 Å². The molecule has 0 heterocycles. The lowest BCUT2D eigenvalue weighted by Gasteiger charge is -2.19. The van der Waals surface area contributed by atoms with E-state index in [1.807, 2.05) is 12.1 Å². The third-order valence-corrected chi connectivity index (χ3v) is 4.15. The van der Waals surface area contributed by atoms with Crippen molar-refractivity contribution in [1.82, 2.24) is 5.32 Å². The summed E-state index contributed by atoms with van der Waals surface area (Å²) in [6.45, 7) is 5.13. The average molecular weight is 282 g/mol. The van der Waals surface area contributed by atoms with E-state index < -0.39 is 0 Å². The molecule has 1 unspecified atom stereocenters. The molecule has 1 saturated carbocycles. The van der Waals surface area contributed by atoms with Crippen molar-refractivity contribution in [3.05, 3.63) is 28.8 Å². The number of halogens is 1. The van der Waals surface area contributed by atoms with E-state index in [0.29, 0.717) is 6.04 Å². The molecule has 1 aliphatic rings. The summed E-state index contributed by atoms with van der Waals surface area (Å²) in [5.74, 6) is 0.918. The maximum absolute atomic E-state index is 6.11. The molecule has 106 valence electrons. The molecule has 0 amide bonds. The fourth-order valence-electron chi connectivity index (χ4n) is 2.63. The molecule has 1 aliphatic carbocycles. The number of rotatable bonds is 6. The van der Waals surface area contributed by atoms with E-state index in [1.165, 1.54) is 25.7 Å². The molecular weight excluding hydrogens is 258 g/mol. The lowest BCUT2D eigenvalue weighted by Crippen LogP contribution is -2.35. The van der Waals surface area contributed by atoms with E-state index in [0.717, 1.165) is 29.3 Å². The highest BCUT2D eigenvalue weighted by molar-refractivity contribution is 6.31. The molecule has 1 N–H and O–H groups in total. The Labute approximate surface area is 121 Å². The Bertz CT molecular complexity index is 402. The molecule has 0 aliphatic heterocycles. The molecule has 2 rings (SSSR count). The Morgan fingerprint density at radius 2 is 2.11 bits per heavy atom. The molecule has 1 aromatic rings. The maximum Gasteiger partial charge on any atom is 0.120 e. The summed E-state index contributed by atoms with van der Waals surface area (Å²) in [6.07, 6.45) is 6.48. The smallest absolute Gasteiger partial charge is 0.120 e. The lowest BCUT2D eigenvalue weighted by molar-refractivity contribution is 0.211. The van der Waals surface area contributed by atoms with Gasteiger partial charge in [0.25, 0.3) is 0 Å². The predicted molar refractivity (Wildman–Crippen MR) is 81.2 cm³/mol.